The van der Waals surface area contributed by atoms with E-state index in [1.165, 1.54) is 0 Å². The number of nitrogens with one attached hydrogen (secondary N) is 2. The molecular weight excluding hydrogens is 330 g/mol. The fraction of sp³-hybridized carbons (Fsp3) is 0.158. The quantitative estimate of drug-likeness (QED) is 0.711. The maximum absolute atomic E-state index is 12.3. The summed E-state index contributed by atoms with van der Waals surface area (Å²) >= 11 is 0. The lowest BCUT2D eigenvalue weighted by atomic mass is 10.1. The van der Waals surface area contributed by atoms with Gasteiger partial charge in [0.2, 0.25) is 5.91 Å². The minimum Gasteiger partial charge on any atom is -0.359 e. The molecule has 0 saturated heterocycles. The van der Waals surface area contributed by atoms with Crippen LogP contribution in [0.1, 0.15) is 21.6 Å². The number of anilines is 1. The Hall–Kier alpha value is -3.48. The molecule has 3 aromatic rings. The lowest BCUT2D eigenvalue weighted by molar-refractivity contribution is -0.119. The number of nitrogens with zero attached hydrogens (tertiary/aromatic N) is 3. The third-order valence-electron chi connectivity index (χ3n) is 3.81. The molecule has 0 fully saturated rings. The van der Waals surface area contributed by atoms with Gasteiger partial charge in [-0.2, -0.15) is 0 Å². The molecule has 1 heterocycles. The van der Waals surface area contributed by atoms with Crippen LogP contribution in [0.3, 0.4) is 0 Å². The van der Waals surface area contributed by atoms with Crippen LogP contribution in [0.25, 0.3) is 0 Å². The number of aromatic nitrogens is 3. The van der Waals surface area contributed by atoms with E-state index in [4.69, 9.17) is 0 Å². The first-order valence-electron chi connectivity index (χ1n) is 8.19. The molecule has 1 aromatic heterocycles. The van der Waals surface area contributed by atoms with Gasteiger partial charge in [-0.05, 0) is 23.3 Å². The molecule has 7 nitrogen and oxygen atoms in total. The van der Waals surface area contributed by atoms with Gasteiger partial charge in [-0.25, -0.2) is 4.68 Å². The second-order valence-corrected chi connectivity index (χ2v) is 5.79. The number of hydrogen-bond donors (Lipinski definition) is 2. The molecule has 132 valence electrons. The summed E-state index contributed by atoms with van der Waals surface area (Å²) in [7, 11) is 1.60. The Labute approximate surface area is 151 Å². The molecule has 0 bridgehead atoms. The van der Waals surface area contributed by atoms with Crippen LogP contribution in [-0.4, -0.2) is 33.9 Å². The van der Waals surface area contributed by atoms with Crippen molar-refractivity contribution >= 4 is 17.5 Å². The van der Waals surface area contributed by atoms with Gasteiger partial charge in [0.15, 0.2) is 5.69 Å². The van der Waals surface area contributed by atoms with Crippen molar-refractivity contribution < 1.29 is 9.59 Å². The lowest BCUT2D eigenvalue weighted by Crippen LogP contribution is -2.19. The summed E-state index contributed by atoms with van der Waals surface area (Å²) in [5, 5.41) is 13.3. The summed E-state index contributed by atoms with van der Waals surface area (Å²) in [4.78, 5) is 23.7. The maximum atomic E-state index is 12.3. The molecule has 0 unspecified atom stereocenters. The topological polar surface area (TPSA) is 88.9 Å². The van der Waals surface area contributed by atoms with Gasteiger partial charge < -0.3 is 10.6 Å². The summed E-state index contributed by atoms with van der Waals surface area (Å²) < 4.78 is 1.62. The molecule has 2 N–H and O–H groups in total. The number of amides is 2. The van der Waals surface area contributed by atoms with Gasteiger partial charge >= 0.3 is 0 Å². The van der Waals surface area contributed by atoms with Crippen molar-refractivity contribution in [3.05, 3.63) is 77.6 Å². The summed E-state index contributed by atoms with van der Waals surface area (Å²) in [5.74, 6) is -0.389. The molecule has 26 heavy (non-hydrogen) atoms. The fourth-order valence-corrected chi connectivity index (χ4v) is 2.43. The highest BCUT2D eigenvalue weighted by atomic mass is 16.2. The van der Waals surface area contributed by atoms with Gasteiger partial charge in [-0.15, -0.1) is 5.10 Å². The van der Waals surface area contributed by atoms with Crippen LogP contribution in [0.15, 0.2) is 60.8 Å². The van der Waals surface area contributed by atoms with Gasteiger partial charge in [0.05, 0.1) is 19.2 Å². The zero-order chi connectivity index (χ0) is 18.4. The highest BCUT2D eigenvalue weighted by Gasteiger charge is 2.11. The summed E-state index contributed by atoms with van der Waals surface area (Å²) in [6, 6.07) is 16.9. The molecule has 0 aliphatic heterocycles. The normalized spacial score (nSPS) is 10.3. The third-order valence-corrected chi connectivity index (χ3v) is 3.81. The molecule has 0 saturated carbocycles. The maximum Gasteiger partial charge on any atom is 0.277 e. The Balaban J connectivity index is 1.60. The van der Waals surface area contributed by atoms with Crippen molar-refractivity contribution in [3.8, 4) is 0 Å². The SMILES string of the molecule is CNC(=O)Cc1ccc(NC(=O)c2cn(Cc3ccccc3)nn2)cc1. The molecule has 0 aliphatic carbocycles. The van der Waals surface area contributed by atoms with Gasteiger partial charge in [-0.1, -0.05) is 47.7 Å². The Morgan fingerprint density at radius 2 is 1.73 bits per heavy atom. The molecule has 7 heteroatoms. The summed E-state index contributed by atoms with van der Waals surface area (Å²) in [6.07, 6.45) is 1.92. The van der Waals surface area contributed by atoms with Gasteiger partial charge in [0.1, 0.15) is 0 Å². The highest BCUT2D eigenvalue weighted by Crippen LogP contribution is 2.11. The van der Waals surface area contributed by atoms with Gasteiger partial charge in [0, 0.05) is 12.7 Å². The van der Waals surface area contributed by atoms with Crippen molar-refractivity contribution in [1.29, 1.82) is 0 Å². The second-order valence-electron chi connectivity index (χ2n) is 5.79. The van der Waals surface area contributed by atoms with Crippen molar-refractivity contribution in [2.24, 2.45) is 0 Å². The summed E-state index contributed by atoms with van der Waals surface area (Å²) in [5.41, 5.74) is 2.83. The van der Waals surface area contributed by atoms with E-state index in [1.807, 2.05) is 30.3 Å². The molecule has 2 amide bonds. The molecule has 0 atom stereocenters. The average molecular weight is 349 g/mol. The molecule has 3 rings (SSSR count). The monoisotopic (exact) mass is 349 g/mol. The Bertz CT molecular complexity index is 888. The minimum absolute atomic E-state index is 0.0585. The molecule has 0 spiro atoms. The zero-order valence-corrected chi connectivity index (χ0v) is 14.3. The summed E-state index contributed by atoms with van der Waals surface area (Å²) in [6.45, 7) is 0.551. The van der Waals surface area contributed by atoms with Crippen LogP contribution in [0.4, 0.5) is 5.69 Å². The van der Waals surface area contributed by atoms with Crippen LogP contribution in [0.2, 0.25) is 0 Å². The number of benzene rings is 2. The zero-order valence-electron chi connectivity index (χ0n) is 14.3. The Morgan fingerprint density at radius 1 is 1.00 bits per heavy atom. The van der Waals surface area contributed by atoms with Crippen LogP contribution >= 0.6 is 0 Å². The van der Waals surface area contributed by atoms with Crippen LogP contribution in [0.5, 0.6) is 0 Å². The highest BCUT2D eigenvalue weighted by molar-refractivity contribution is 6.02. The molecule has 0 radical (unpaired) electrons. The van der Waals surface area contributed by atoms with E-state index in [-0.39, 0.29) is 17.5 Å². The van der Waals surface area contributed by atoms with Crippen molar-refractivity contribution in [3.63, 3.8) is 0 Å². The van der Waals surface area contributed by atoms with E-state index in [2.05, 4.69) is 20.9 Å². The standard InChI is InChI=1S/C19H19N5O2/c1-20-18(25)11-14-7-9-16(10-8-14)21-19(26)17-13-24(23-22-17)12-15-5-3-2-4-6-15/h2-10,13H,11-12H2,1H3,(H,20,25)(H,21,26). The van der Waals surface area contributed by atoms with E-state index >= 15 is 0 Å². The predicted octanol–water partition coefficient (Wildman–Crippen LogP) is 1.87. The molecule has 0 aliphatic rings. The average Bonchev–Trinajstić information content (AvgIpc) is 3.12. The third kappa shape index (κ3) is 4.54. The van der Waals surface area contributed by atoms with Crippen molar-refractivity contribution in [2.45, 2.75) is 13.0 Å². The van der Waals surface area contributed by atoms with Crippen LogP contribution in [-0.2, 0) is 17.8 Å². The number of rotatable bonds is 6. The van der Waals surface area contributed by atoms with Crippen molar-refractivity contribution in [1.82, 2.24) is 20.3 Å². The van der Waals surface area contributed by atoms with Gasteiger partial charge in [0.25, 0.3) is 5.91 Å². The first kappa shape index (κ1) is 17.3. The first-order chi connectivity index (χ1) is 12.6. The smallest absolute Gasteiger partial charge is 0.277 e. The minimum atomic E-state index is -0.330. The second kappa shape index (κ2) is 8.06. The van der Waals surface area contributed by atoms with E-state index in [0.717, 1.165) is 11.1 Å². The predicted molar refractivity (Wildman–Crippen MR) is 97.7 cm³/mol. The molecule has 2 aromatic carbocycles. The lowest BCUT2D eigenvalue weighted by Gasteiger charge is -2.05. The number of carbonyl (C=O) groups excluding carboxylic acids is 2. The first-order valence-corrected chi connectivity index (χ1v) is 8.19. The van der Waals surface area contributed by atoms with Crippen LogP contribution < -0.4 is 10.6 Å². The number of likely N-dealkylation sites (N-methyl/N-ethyl adjacent to an activating group) is 1. The number of carbonyl (C=O) groups is 2. The van der Waals surface area contributed by atoms with E-state index in [9.17, 15) is 9.59 Å². The Morgan fingerprint density at radius 3 is 2.42 bits per heavy atom. The van der Waals surface area contributed by atoms with E-state index in [0.29, 0.717) is 18.7 Å². The molecular formula is C19H19N5O2. The van der Waals surface area contributed by atoms with Crippen molar-refractivity contribution in [2.75, 3.05) is 12.4 Å². The van der Waals surface area contributed by atoms with E-state index in [1.54, 1.807) is 42.2 Å². The largest absolute Gasteiger partial charge is 0.359 e. The fourth-order valence-electron chi connectivity index (χ4n) is 2.43. The Kier molecular flexibility index (Phi) is 5.38. The van der Waals surface area contributed by atoms with E-state index < -0.39 is 0 Å². The van der Waals surface area contributed by atoms with Gasteiger partial charge in [-0.3, -0.25) is 9.59 Å². The number of hydrogen-bond acceptors (Lipinski definition) is 4. The van der Waals surface area contributed by atoms with Crippen LogP contribution in [0, 0.1) is 0 Å².